The molecule has 0 fully saturated rings. The number of thioether (sulfide) groups is 1. The largest absolute Gasteiger partial charge is 0.485 e. The van der Waals surface area contributed by atoms with Crippen molar-refractivity contribution in [2.75, 3.05) is 18.1 Å². The van der Waals surface area contributed by atoms with E-state index in [9.17, 15) is 4.79 Å². The molecule has 1 aliphatic rings. The number of carbonyl (C=O) groups excluding carboxylic acids is 1. The molecule has 7 nitrogen and oxygen atoms in total. The zero-order chi connectivity index (χ0) is 20.2. The van der Waals surface area contributed by atoms with Crippen molar-refractivity contribution in [2.45, 2.75) is 30.4 Å². The highest BCUT2D eigenvalue weighted by atomic mass is 32.2. The van der Waals surface area contributed by atoms with Crippen LogP contribution in [0.3, 0.4) is 0 Å². The third kappa shape index (κ3) is 4.22. The van der Waals surface area contributed by atoms with Crippen molar-refractivity contribution >= 4 is 23.4 Å². The van der Waals surface area contributed by atoms with Crippen molar-refractivity contribution in [3.8, 4) is 11.5 Å². The molecule has 0 aliphatic carbocycles. The first kappa shape index (κ1) is 19.3. The van der Waals surface area contributed by atoms with Crippen molar-refractivity contribution in [3.05, 3.63) is 60.5 Å². The van der Waals surface area contributed by atoms with Crippen LogP contribution in [0, 0.1) is 0 Å². The summed E-state index contributed by atoms with van der Waals surface area (Å²) in [5.74, 6) is 1.64. The molecule has 0 spiro atoms. The van der Waals surface area contributed by atoms with Crippen molar-refractivity contribution in [2.24, 2.45) is 0 Å². The molecule has 0 saturated carbocycles. The first-order valence-electron chi connectivity index (χ1n) is 9.40. The van der Waals surface area contributed by atoms with Gasteiger partial charge in [0.2, 0.25) is 12.0 Å². The van der Waals surface area contributed by atoms with Crippen molar-refractivity contribution in [1.29, 1.82) is 0 Å². The molecular weight excluding hydrogens is 390 g/mol. The summed E-state index contributed by atoms with van der Waals surface area (Å²) in [6, 6.07) is 17.0. The van der Waals surface area contributed by atoms with Gasteiger partial charge in [-0.1, -0.05) is 42.1 Å². The van der Waals surface area contributed by atoms with Crippen LogP contribution in [0.1, 0.15) is 25.8 Å². The number of rotatable bonds is 6. The molecule has 0 unspecified atom stereocenters. The Morgan fingerprint density at radius 3 is 2.62 bits per heavy atom. The molecule has 1 amide bonds. The summed E-state index contributed by atoms with van der Waals surface area (Å²) >= 11 is 1.23. The van der Waals surface area contributed by atoms with Gasteiger partial charge in [-0.3, -0.25) is 4.79 Å². The lowest BCUT2D eigenvalue weighted by Gasteiger charge is -2.24. The van der Waals surface area contributed by atoms with Crippen LogP contribution in [-0.2, 0) is 4.79 Å². The summed E-state index contributed by atoms with van der Waals surface area (Å²) in [7, 11) is 0. The molecule has 0 N–H and O–H groups in total. The minimum Gasteiger partial charge on any atom is -0.485 e. The second-order valence-electron chi connectivity index (χ2n) is 6.45. The number of aromatic nitrogens is 2. The number of fused-ring (bicyclic) bond motifs is 1. The Labute approximate surface area is 173 Å². The van der Waals surface area contributed by atoms with Gasteiger partial charge in [0.25, 0.3) is 11.1 Å². The lowest BCUT2D eigenvalue weighted by Crippen LogP contribution is -2.36. The van der Waals surface area contributed by atoms with E-state index < -0.39 is 6.10 Å². The number of benzene rings is 2. The maximum Gasteiger partial charge on any atom is 0.277 e. The average molecular weight is 411 g/mol. The SMILES string of the molecule is CCN(C(=O)[C@H](C)Sc1nnc([C@@H]2COc3ccccc3O2)o1)c1ccccc1. The van der Waals surface area contributed by atoms with Crippen LogP contribution in [0.2, 0.25) is 0 Å². The minimum absolute atomic E-state index is 0.0189. The van der Waals surface area contributed by atoms with Gasteiger partial charge >= 0.3 is 0 Å². The number of carbonyl (C=O) groups is 1. The number of anilines is 1. The fourth-order valence-corrected chi connectivity index (χ4v) is 3.79. The van der Waals surface area contributed by atoms with E-state index in [4.69, 9.17) is 13.9 Å². The summed E-state index contributed by atoms with van der Waals surface area (Å²) < 4.78 is 17.3. The van der Waals surface area contributed by atoms with E-state index in [0.29, 0.717) is 29.2 Å². The van der Waals surface area contributed by atoms with Gasteiger partial charge in [-0.25, -0.2) is 0 Å². The molecule has 150 valence electrons. The summed E-state index contributed by atoms with van der Waals surface area (Å²) in [6.45, 7) is 4.65. The third-order valence-electron chi connectivity index (χ3n) is 4.48. The van der Waals surface area contributed by atoms with Crippen LogP contribution >= 0.6 is 11.8 Å². The first-order valence-corrected chi connectivity index (χ1v) is 10.3. The van der Waals surface area contributed by atoms with Gasteiger partial charge in [0.1, 0.15) is 6.61 Å². The standard InChI is InChI=1S/C21H21N3O4S/c1-3-24(15-9-5-4-6-10-15)20(25)14(2)29-21-23-22-19(28-21)18-13-26-16-11-7-8-12-17(16)27-18/h4-12,14,18H,3,13H2,1-2H3/t14-,18-/m0/s1. The van der Waals surface area contributed by atoms with Gasteiger partial charge in [0, 0.05) is 12.2 Å². The number of amides is 1. The highest BCUT2D eigenvalue weighted by Crippen LogP contribution is 2.36. The number of hydrogen-bond donors (Lipinski definition) is 0. The molecule has 0 saturated heterocycles. The van der Waals surface area contributed by atoms with Gasteiger partial charge in [0.05, 0.1) is 5.25 Å². The molecule has 3 aromatic rings. The van der Waals surface area contributed by atoms with Gasteiger partial charge < -0.3 is 18.8 Å². The molecule has 8 heteroatoms. The summed E-state index contributed by atoms with van der Waals surface area (Å²) in [5.41, 5.74) is 0.866. The fourth-order valence-electron chi connectivity index (χ4n) is 3.03. The van der Waals surface area contributed by atoms with Crippen LogP contribution in [0.15, 0.2) is 64.2 Å². The van der Waals surface area contributed by atoms with Crippen LogP contribution in [0.4, 0.5) is 5.69 Å². The Morgan fingerprint density at radius 2 is 1.86 bits per heavy atom. The van der Waals surface area contributed by atoms with Crippen LogP contribution in [0.5, 0.6) is 11.5 Å². The molecule has 4 rings (SSSR count). The second-order valence-corrected chi connectivity index (χ2v) is 7.74. The number of hydrogen-bond acceptors (Lipinski definition) is 7. The van der Waals surface area contributed by atoms with Crippen LogP contribution in [-0.4, -0.2) is 34.5 Å². The number of nitrogens with zero attached hydrogens (tertiary/aromatic N) is 3. The van der Waals surface area contributed by atoms with E-state index in [-0.39, 0.29) is 17.8 Å². The highest BCUT2D eigenvalue weighted by molar-refractivity contribution is 8.00. The summed E-state index contributed by atoms with van der Waals surface area (Å²) in [5, 5.41) is 8.09. The van der Waals surface area contributed by atoms with E-state index in [0.717, 1.165) is 5.69 Å². The molecule has 29 heavy (non-hydrogen) atoms. The Morgan fingerprint density at radius 1 is 1.14 bits per heavy atom. The topological polar surface area (TPSA) is 77.7 Å². The van der Waals surface area contributed by atoms with Crippen LogP contribution < -0.4 is 14.4 Å². The molecule has 1 aromatic heterocycles. The van der Waals surface area contributed by atoms with Gasteiger partial charge in [0.15, 0.2) is 11.5 Å². The molecule has 2 heterocycles. The van der Waals surface area contributed by atoms with E-state index in [2.05, 4.69) is 10.2 Å². The Bertz CT molecular complexity index is 979. The first-order chi connectivity index (χ1) is 14.2. The fraction of sp³-hybridized carbons (Fsp3) is 0.286. The van der Waals surface area contributed by atoms with Crippen molar-refractivity contribution in [3.63, 3.8) is 0 Å². The predicted molar refractivity (Wildman–Crippen MR) is 109 cm³/mol. The van der Waals surface area contributed by atoms with E-state index >= 15 is 0 Å². The van der Waals surface area contributed by atoms with E-state index in [1.807, 2.05) is 68.4 Å². The smallest absolute Gasteiger partial charge is 0.277 e. The molecular formula is C21H21N3O4S. The van der Waals surface area contributed by atoms with Crippen molar-refractivity contribution < 1.29 is 18.7 Å². The third-order valence-corrected chi connectivity index (χ3v) is 5.40. The monoisotopic (exact) mass is 411 g/mol. The average Bonchev–Trinajstić information content (AvgIpc) is 3.23. The van der Waals surface area contributed by atoms with Gasteiger partial charge in [-0.15, -0.1) is 10.2 Å². The lowest BCUT2D eigenvalue weighted by atomic mass is 10.2. The Kier molecular flexibility index (Phi) is 5.71. The lowest BCUT2D eigenvalue weighted by molar-refractivity contribution is -0.117. The van der Waals surface area contributed by atoms with Gasteiger partial charge in [-0.2, -0.15) is 0 Å². The minimum atomic E-state index is -0.478. The zero-order valence-corrected chi connectivity index (χ0v) is 17.0. The molecule has 0 radical (unpaired) electrons. The predicted octanol–water partition coefficient (Wildman–Crippen LogP) is 4.12. The number of ether oxygens (including phenoxy) is 2. The molecule has 2 atom stereocenters. The van der Waals surface area contributed by atoms with Crippen LogP contribution in [0.25, 0.3) is 0 Å². The molecule has 1 aliphatic heterocycles. The Balaban J connectivity index is 1.42. The molecule has 2 aromatic carbocycles. The zero-order valence-electron chi connectivity index (χ0n) is 16.1. The van der Waals surface area contributed by atoms with E-state index in [1.165, 1.54) is 11.8 Å². The Hall–Kier alpha value is -3.00. The highest BCUT2D eigenvalue weighted by Gasteiger charge is 2.29. The van der Waals surface area contributed by atoms with E-state index in [1.54, 1.807) is 4.90 Å². The maximum atomic E-state index is 12.9. The summed E-state index contributed by atoms with van der Waals surface area (Å²) in [4.78, 5) is 14.6. The second kappa shape index (κ2) is 8.57. The molecule has 0 bridgehead atoms. The van der Waals surface area contributed by atoms with Crippen molar-refractivity contribution in [1.82, 2.24) is 10.2 Å². The maximum absolute atomic E-state index is 12.9. The normalized spacial score (nSPS) is 16.3. The quantitative estimate of drug-likeness (QED) is 0.565. The van der Waals surface area contributed by atoms with Gasteiger partial charge in [-0.05, 0) is 38.1 Å². The summed E-state index contributed by atoms with van der Waals surface area (Å²) in [6.07, 6.45) is -0.478. The number of para-hydroxylation sites is 3.